The Hall–Kier alpha value is -4.68. The van der Waals surface area contributed by atoms with Gasteiger partial charge in [-0.1, -0.05) is 18.7 Å². The van der Waals surface area contributed by atoms with Crippen LogP contribution in [0.25, 0.3) is 43.2 Å². The number of pyridine rings is 1. The fourth-order valence-corrected chi connectivity index (χ4v) is 8.45. The summed E-state index contributed by atoms with van der Waals surface area (Å²) >= 11 is 2.68. The Labute approximate surface area is 290 Å². The lowest BCUT2D eigenvalue weighted by Gasteiger charge is -2.31. The predicted molar refractivity (Wildman–Crippen MR) is 188 cm³/mol. The van der Waals surface area contributed by atoms with Crippen molar-refractivity contribution in [2.75, 3.05) is 20.2 Å². The van der Waals surface area contributed by atoms with E-state index in [0.717, 1.165) is 27.3 Å². The number of methoxy groups -OCH3 is 1. The first kappa shape index (κ1) is 32.8. The molecule has 5 heterocycles. The molecule has 0 aliphatic carbocycles. The number of carbonyl (C=O) groups excluding carboxylic acids is 2. The van der Waals surface area contributed by atoms with Gasteiger partial charge in [-0.15, -0.1) is 22.7 Å². The molecule has 252 valence electrons. The standard InChI is InChI=1S/C37H34F2N4O4S2/c1-6-29(44)42-14-12-26-28(18-42)49-35(40-26)33-30(24-10-9-23(38)16-27(24)46-5)34-31(25(39)19-48-34)32(41-33)21-7-8-22-17-43(13-11-20(22)15-21)36(45)47-37(2,3)4/h6-10,15-16,19H,1,11-14,17-18H2,2-5H3. The minimum Gasteiger partial charge on any atom is -0.496 e. The van der Waals surface area contributed by atoms with Crippen LogP contribution in [0, 0.1) is 11.6 Å². The molecule has 8 nitrogen and oxygen atoms in total. The minimum atomic E-state index is -0.593. The van der Waals surface area contributed by atoms with E-state index in [-0.39, 0.29) is 12.0 Å². The van der Waals surface area contributed by atoms with Crippen LogP contribution < -0.4 is 4.74 Å². The molecule has 2 amide bonds. The van der Waals surface area contributed by atoms with E-state index in [1.807, 2.05) is 39.0 Å². The molecule has 49 heavy (non-hydrogen) atoms. The monoisotopic (exact) mass is 700 g/mol. The van der Waals surface area contributed by atoms with Crippen molar-refractivity contribution in [1.82, 2.24) is 19.8 Å². The maximum atomic E-state index is 15.9. The molecule has 3 aromatic heterocycles. The molecule has 0 bridgehead atoms. The fourth-order valence-electron chi connectivity index (χ4n) is 6.35. The van der Waals surface area contributed by atoms with Crippen LogP contribution in [0.15, 0.2) is 54.4 Å². The van der Waals surface area contributed by atoms with Crippen LogP contribution in [0.4, 0.5) is 13.6 Å². The predicted octanol–water partition coefficient (Wildman–Crippen LogP) is 8.40. The van der Waals surface area contributed by atoms with Gasteiger partial charge < -0.3 is 19.3 Å². The van der Waals surface area contributed by atoms with Crippen molar-refractivity contribution >= 4 is 44.8 Å². The normalized spacial score (nSPS) is 14.4. The van der Waals surface area contributed by atoms with E-state index >= 15 is 4.39 Å². The summed E-state index contributed by atoms with van der Waals surface area (Å²) in [6, 6.07) is 10.2. The second kappa shape index (κ2) is 12.6. The number of hydrogen-bond acceptors (Lipinski definition) is 8. The number of nitrogens with zero attached hydrogens (tertiary/aromatic N) is 4. The number of benzene rings is 2. The molecule has 0 fully saturated rings. The van der Waals surface area contributed by atoms with Crippen LogP contribution in [-0.4, -0.2) is 57.6 Å². The van der Waals surface area contributed by atoms with Gasteiger partial charge in [0.2, 0.25) is 5.91 Å². The molecule has 5 aromatic rings. The third-order valence-electron chi connectivity index (χ3n) is 8.67. The quantitative estimate of drug-likeness (QED) is 0.171. The maximum Gasteiger partial charge on any atom is 0.410 e. The SMILES string of the molecule is C=CC(=O)N1CCc2nc(-c3nc(-c4ccc5c(c4)CCN(C(=O)OC(C)(C)C)C5)c4c(F)csc4c3-c3ccc(F)cc3OC)sc2C1. The Morgan fingerprint density at radius 2 is 1.78 bits per heavy atom. The molecule has 0 saturated heterocycles. The summed E-state index contributed by atoms with van der Waals surface area (Å²) in [5.41, 5.74) is 5.20. The Kier molecular flexibility index (Phi) is 8.48. The van der Waals surface area contributed by atoms with Gasteiger partial charge in [-0.3, -0.25) is 4.79 Å². The number of rotatable bonds is 5. The second-order valence-corrected chi connectivity index (χ2v) is 15.0. The average Bonchev–Trinajstić information content (AvgIpc) is 3.69. The lowest BCUT2D eigenvalue weighted by atomic mass is 9.94. The van der Waals surface area contributed by atoms with E-state index in [1.54, 1.807) is 15.9 Å². The van der Waals surface area contributed by atoms with E-state index in [2.05, 4.69) is 6.58 Å². The van der Waals surface area contributed by atoms with E-state index < -0.39 is 17.2 Å². The van der Waals surface area contributed by atoms with Gasteiger partial charge in [0.15, 0.2) is 0 Å². The molecule has 0 spiro atoms. The number of thiophene rings is 1. The molecule has 7 rings (SSSR count). The summed E-state index contributed by atoms with van der Waals surface area (Å²) < 4.78 is 42.1. The smallest absolute Gasteiger partial charge is 0.410 e. The molecule has 0 radical (unpaired) electrons. The van der Waals surface area contributed by atoms with Gasteiger partial charge in [-0.25, -0.2) is 23.5 Å². The van der Waals surface area contributed by atoms with E-state index in [4.69, 9.17) is 19.4 Å². The molecule has 2 aliphatic rings. The Morgan fingerprint density at radius 1 is 0.980 bits per heavy atom. The van der Waals surface area contributed by atoms with Crippen molar-refractivity contribution in [3.63, 3.8) is 0 Å². The van der Waals surface area contributed by atoms with Gasteiger partial charge in [0, 0.05) is 63.8 Å². The van der Waals surface area contributed by atoms with Crippen LogP contribution in [0.3, 0.4) is 0 Å². The van der Waals surface area contributed by atoms with E-state index in [9.17, 15) is 14.0 Å². The van der Waals surface area contributed by atoms with Crippen LogP contribution in [-0.2, 0) is 35.5 Å². The van der Waals surface area contributed by atoms with Crippen molar-refractivity contribution < 1.29 is 27.8 Å². The van der Waals surface area contributed by atoms with Crippen molar-refractivity contribution in [3.05, 3.63) is 87.8 Å². The molecular formula is C37H34F2N4O4S2. The van der Waals surface area contributed by atoms with Gasteiger partial charge >= 0.3 is 6.09 Å². The molecule has 2 aromatic carbocycles. The summed E-state index contributed by atoms with van der Waals surface area (Å²) in [4.78, 5) is 39.8. The van der Waals surface area contributed by atoms with Gasteiger partial charge in [0.05, 0.1) is 30.4 Å². The third kappa shape index (κ3) is 6.19. The highest BCUT2D eigenvalue weighted by atomic mass is 32.1. The van der Waals surface area contributed by atoms with Crippen molar-refractivity contribution in [2.45, 2.75) is 52.3 Å². The van der Waals surface area contributed by atoms with E-state index in [1.165, 1.54) is 53.4 Å². The van der Waals surface area contributed by atoms with Gasteiger partial charge in [-0.05, 0) is 62.6 Å². The lowest BCUT2D eigenvalue weighted by Crippen LogP contribution is -2.39. The molecule has 12 heteroatoms. The van der Waals surface area contributed by atoms with Crippen molar-refractivity contribution in [1.29, 1.82) is 0 Å². The number of hydrogen-bond donors (Lipinski definition) is 0. The Bertz CT molecular complexity index is 2150. The summed E-state index contributed by atoms with van der Waals surface area (Å²) in [7, 11) is 1.47. The zero-order valence-corrected chi connectivity index (χ0v) is 29.2. The summed E-state index contributed by atoms with van der Waals surface area (Å²) in [6.07, 6.45) is 2.14. The summed E-state index contributed by atoms with van der Waals surface area (Å²) in [5.74, 6) is -0.730. The lowest BCUT2D eigenvalue weighted by molar-refractivity contribution is -0.126. The fraction of sp³-hybridized carbons (Fsp3) is 0.297. The molecule has 0 unspecified atom stereocenters. The van der Waals surface area contributed by atoms with Crippen LogP contribution >= 0.6 is 22.7 Å². The first-order chi connectivity index (χ1) is 23.4. The number of carbonyl (C=O) groups is 2. The van der Waals surface area contributed by atoms with Gasteiger partial charge in [0.1, 0.15) is 33.7 Å². The second-order valence-electron chi connectivity index (χ2n) is 13.1. The number of halogens is 2. The Morgan fingerprint density at radius 3 is 2.53 bits per heavy atom. The largest absolute Gasteiger partial charge is 0.496 e. The number of ether oxygens (including phenoxy) is 2. The van der Waals surface area contributed by atoms with Crippen LogP contribution in [0.5, 0.6) is 5.75 Å². The Balaban J connectivity index is 1.38. The first-order valence-corrected chi connectivity index (χ1v) is 17.6. The number of aromatic nitrogens is 2. The third-order valence-corrected chi connectivity index (χ3v) is 10.7. The highest BCUT2D eigenvalue weighted by Crippen LogP contribution is 2.48. The van der Waals surface area contributed by atoms with E-state index in [0.29, 0.717) is 82.4 Å². The zero-order chi connectivity index (χ0) is 34.6. The first-order valence-electron chi connectivity index (χ1n) is 15.9. The molecule has 0 saturated carbocycles. The van der Waals surface area contributed by atoms with Crippen LogP contribution in [0.1, 0.15) is 42.5 Å². The van der Waals surface area contributed by atoms with Crippen LogP contribution in [0.2, 0.25) is 0 Å². The molecular weight excluding hydrogens is 667 g/mol. The number of fused-ring (bicyclic) bond motifs is 3. The minimum absolute atomic E-state index is 0.144. The van der Waals surface area contributed by atoms with Crippen molar-refractivity contribution in [2.24, 2.45) is 0 Å². The maximum absolute atomic E-state index is 15.9. The zero-order valence-electron chi connectivity index (χ0n) is 27.6. The topological polar surface area (TPSA) is 84.9 Å². The van der Waals surface area contributed by atoms with Crippen molar-refractivity contribution in [3.8, 4) is 38.8 Å². The summed E-state index contributed by atoms with van der Waals surface area (Å²) in [5, 5.41) is 2.43. The molecule has 2 aliphatic heterocycles. The summed E-state index contributed by atoms with van der Waals surface area (Å²) in [6.45, 7) is 11.0. The molecule has 0 N–H and O–H groups in total. The average molecular weight is 701 g/mol. The molecule has 0 atom stereocenters. The highest BCUT2D eigenvalue weighted by molar-refractivity contribution is 7.18. The number of thiazole rings is 1. The number of amides is 2. The van der Waals surface area contributed by atoms with Gasteiger partial charge in [-0.2, -0.15) is 0 Å². The highest BCUT2D eigenvalue weighted by Gasteiger charge is 2.30. The van der Waals surface area contributed by atoms with Gasteiger partial charge in [0.25, 0.3) is 0 Å².